The average molecular weight is 405 g/mol. The van der Waals surface area contributed by atoms with Gasteiger partial charge in [-0.2, -0.15) is 0 Å². The van der Waals surface area contributed by atoms with E-state index in [-0.39, 0.29) is 36.7 Å². The van der Waals surface area contributed by atoms with Gasteiger partial charge in [0, 0.05) is 30.9 Å². The van der Waals surface area contributed by atoms with Gasteiger partial charge in [-0.15, -0.1) is 12.4 Å². The minimum atomic E-state index is -0.331. The van der Waals surface area contributed by atoms with Crippen LogP contribution in [-0.2, 0) is 9.53 Å². The summed E-state index contributed by atoms with van der Waals surface area (Å²) in [6.07, 6.45) is 3.19. The van der Waals surface area contributed by atoms with E-state index in [9.17, 15) is 9.59 Å². The number of amides is 2. The molecule has 148 valence electrons. The minimum absolute atomic E-state index is 0. The highest BCUT2D eigenvalue weighted by Crippen LogP contribution is 2.24. The van der Waals surface area contributed by atoms with E-state index in [1.807, 2.05) is 24.3 Å². The van der Waals surface area contributed by atoms with Crippen molar-refractivity contribution in [1.29, 1.82) is 5.41 Å². The summed E-state index contributed by atoms with van der Waals surface area (Å²) in [5, 5.41) is 7.34. The summed E-state index contributed by atoms with van der Waals surface area (Å²) >= 11 is 0. The lowest BCUT2D eigenvalue weighted by molar-refractivity contribution is -0.140. The van der Waals surface area contributed by atoms with Crippen molar-refractivity contribution in [2.75, 3.05) is 31.6 Å². The standard InChI is InChI=1S/C18H20N6O3.ClH/c1-27-16(25)6-7-23-8-9-24(18(23)26)13-4-2-12(3-5-13)14-10-22-15(11-21-14)17(19)20;/h2-5,10-11H,6-9H2,1H3,(H3,19,20);1H. The summed E-state index contributed by atoms with van der Waals surface area (Å²) in [7, 11) is 1.33. The molecule has 0 unspecified atom stereocenters. The maximum absolute atomic E-state index is 12.5. The molecule has 3 rings (SSSR count). The van der Waals surface area contributed by atoms with Crippen LogP contribution in [0.15, 0.2) is 36.7 Å². The zero-order valence-corrected chi connectivity index (χ0v) is 16.1. The quantitative estimate of drug-likeness (QED) is 0.428. The van der Waals surface area contributed by atoms with E-state index < -0.39 is 0 Å². The van der Waals surface area contributed by atoms with Gasteiger partial charge in [-0.05, 0) is 12.1 Å². The molecule has 28 heavy (non-hydrogen) atoms. The Hall–Kier alpha value is -3.20. The summed E-state index contributed by atoms with van der Waals surface area (Å²) in [5.41, 5.74) is 7.97. The Morgan fingerprint density at radius 3 is 2.50 bits per heavy atom. The molecule has 0 saturated carbocycles. The molecule has 0 spiro atoms. The molecule has 10 heteroatoms. The molecule has 1 aliphatic rings. The third kappa shape index (κ3) is 4.55. The number of hydrogen-bond donors (Lipinski definition) is 2. The van der Waals surface area contributed by atoms with E-state index in [1.165, 1.54) is 13.3 Å². The molecule has 0 atom stereocenters. The van der Waals surface area contributed by atoms with Gasteiger partial charge in [0.15, 0.2) is 0 Å². The second-order valence-electron chi connectivity index (χ2n) is 5.99. The first-order valence-electron chi connectivity index (χ1n) is 8.39. The molecule has 1 fully saturated rings. The third-order valence-corrected chi connectivity index (χ3v) is 4.31. The third-order valence-electron chi connectivity index (χ3n) is 4.31. The molecular formula is C18H21ClN6O3. The number of halogens is 1. The fraction of sp³-hybridized carbons (Fsp3) is 0.278. The number of nitrogen functional groups attached to an aromatic ring is 1. The molecule has 1 aromatic heterocycles. The van der Waals surface area contributed by atoms with Crippen molar-refractivity contribution in [3.05, 3.63) is 42.4 Å². The van der Waals surface area contributed by atoms with E-state index >= 15 is 0 Å². The summed E-state index contributed by atoms with van der Waals surface area (Å²) in [4.78, 5) is 35.4. The van der Waals surface area contributed by atoms with Crippen LogP contribution in [0, 0.1) is 5.41 Å². The maximum atomic E-state index is 12.5. The van der Waals surface area contributed by atoms with Gasteiger partial charge in [-0.1, -0.05) is 12.1 Å². The van der Waals surface area contributed by atoms with Crippen LogP contribution in [-0.4, -0.2) is 59.4 Å². The number of nitrogens with two attached hydrogens (primary N) is 1. The summed E-state index contributed by atoms with van der Waals surface area (Å²) in [5.74, 6) is -0.462. The van der Waals surface area contributed by atoms with Gasteiger partial charge in [0.05, 0.1) is 31.6 Å². The van der Waals surface area contributed by atoms with E-state index in [1.54, 1.807) is 16.0 Å². The molecular weight excluding hydrogens is 384 g/mol. The molecule has 1 aliphatic heterocycles. The number of anilines is 1. The van der Waals surface area contributed by atoms with E-state index in [0.717, 1.165) is 11.3 Å². The monoisotopic (exact) mass is 404 g/mol. The number of aromatic nitrogens is 2. The molecule has 2 amide bonds. The number of carbonyl (C=O) groups is 2. The number of nitrogens with one attached hydrogen (secondary N) is 1. The number of carbonyl (C=O) groups excluding carboxylic acids is 2. The van der Waals surface area contributed by atoms with Crippen molar-refractivity contribution >= 4 is 35.9 Å². The zero-order chi connectivity index (χ0) is 19.4. The number of amidine groups is 1. The predicted octanol–water partition coefficient (Wildman–Crippen LogP) is 1.65. The van der Waals surface area contributed by atoms with Crippen LogP contribution in [0.5, 0.6) is 0 Å². The minimum Gasteiger partial charge on any atom is -0.469 e. The van der Waals surface area contributed by atoms with Gasteiger partial charge in [-0.25, -0.2) is 9.78 Å². The van der Waals surface area contributed by atoms with Crippen molar-refractivity contribution in [3.8, 4) is 11.3 Å². The lowest BCUT2D eigenvalue weighted by Gasteiger charge is -2.18. The smallest absolute Gasteiger partial charge is 0.324 e. The Kier molecular flexibility index (Phi) is 6.89. The molecule has 0 aliphatic carbocycles. The molecule has 1 aromatic carbocycles. The van der Waals surface area contributed by atoms with Crippen LogP contribution in [0.25, 0.3) is 11.3 Å². The van der Waals surface area contributed by atoms with Crippen LogP contribution in [0.1, 0.15) is 12.1 Å². The Morgan fingerprint density at radius 1 is 1.21 bits per heavy atom. The number of ether oxygens (including phenoxy) is 1. The molecule has 9 nitrogen and oxygen atoms in total. The fourth-order valence-corrected chi connectivity index (χ4v) is 2.79. The van der Waals surface area contributed by atoms with Crippen LogP contribution in [0.4, 0.5) is 10.5 Å². The Bertz CT molecular complexity index is 857. The molecule has 2 aromatic rings. The van der Waals surface area contributed by atoms with Gasteiger partial charge in [0.25, 0.3) is 0 Å². The number of benzene rings is 1. The topological polar surface area (TPSA) is 126 Å². The van der Waals surface area contributed by atoms with Crippen LogP contribution in [0.2, 0.25) is 0 Å². The lowest BCUT2D eigenvalue weighted by atomic mass is 10.1. The number of urea groups is 1. The molecule has 0 radical (unpaired) electrons. The fourth-order valence-electron chi connectivity index (χ4n) is 2.79. The van der Waals surface area contributed by atoms with Crippen LogP contribution < -0.4 is 10.6 Å². The van der Waals surface area contributed by atoms with Crippen molar-refractivity contribution in [1.82, 2.24) is 14.9 Å². The number of esters is 1. The lowest BCUT2D eigenvalue weighted by Crippen LogP contribution is -2.33. The number of rotatable bonds is 6. The van der Waals surface area contributed by atoms with Crippen LogP contribution >= 0.6 is 12.4 Å². The van der Waals surface area contributed by atoms with E-state index in [2.05, 4.69) is 14.7 Å². The molecule has 0 bridgehead atoms. The van der Waals surface area contributed by atoms with Crippen molar-refractivity contribution in [3.63, 3.8) is 0 Å². The Balaban J connectivity index is 0.00000280. The molecule has 1 saturated heterocycles. The Labute approximate surface area is 168 Å². The zero-order valence-electron chi connectivity index (χ0n) is 15.3. The first-order valence-corrected chi connectivity index (χ1v) is 8.39. The highest BCUT2D eigenvalue weighted by Gasteiger charge is 2.29. The largest absolute Gasteiger partial charge is 0.469 e. The summed E-state index contributed by atoms with van der Waals surface area (Å²) < 4.78 is 4.61. The normalized spacial score (nSPS) is 13.2. The van der Waals surface area contributed by atoms with Crippen LogP contribution in [0.3, 0.4) is 0 Å². The van der Waals surface area contributed by atoms with Gasteiger partial charge >= 0.3 is 12.0 Å². The average Bonchev–Trinajstić information content (AvgIpc) is 3.06. The van der Waals surface area contributed by atoms with Gasteiger partial charge in [0.2, 0.25) is 0 Å². The summed E-state index contributed by atoms with van der Waals surface area (Å²) in [6, 6.07) is 7.28. The first-order chi connectivity index (χ1) is 13.0. The highest BCUT2D eigenvalue weighted by molar-refractivity contribution is 5.94. The first kappa shape index (κ1) is 21.1. The van der Waals surface area contributed by atoms with Crippen molar-refractivity contribution in [2.45, 2.75) is 6.42 Å². The highest BCUT2D eigenvalue weighted by atomic mass is 35.5. The van der Waals surface area contributed by atoms with Crippen molar-refractivity contribution < 1.29 is 14.3 Å². The molecule has 3 N–H and O–H groups in total. The summed E-state index contributed by atoms with van der Waals surface area (Å²) in [6.45, 7) is 1.47. The predicted molar refractivity (Wildman–Crippen MR) is 107 cm³/mol. The number of hydrogen-bond acceptors (Lipinski definition) is 6. The van der Waals surface area contributed by atoms with Crippen molar-refractivity contribution in [2.24, 2.45) is 5.73 Å². The second-order valence-corrected chi connectivity index (χ2v) is 5.99. The van der Waals surface area contributed by atoms with Gasteiger partial charge < -0.3 is 15.4 Å². The van der Waals surface area contributed by atoms with E-state index in [0.29, 0.717) is 31.0 Å². The van der Waals surface area contributed by atoms with E-state index in [4.69, 9.17) is 11.1 Å². The maximum Gasteiger partial charge on any atom is 0.324 e. The number of nitrogens with zero attached hydrogens (tertiary/aromatic N) is 4. The van der Waals surface area contributed by atoms with Gasteiger partial charge in [0.1, 0.15) is 11.5 Å². The molecule has 2 heterocycles. The Morgan fingerprint density at radius 2 is 1.93 bits per heavy atom. The number of methoxy groups -OCH3 is 1. The van der Waals surface area contributed by atoms with Gasteiger partial charge in [-0.3, -0.25) is 20.1 Å². The second kappa shape index (κ2) is 9.14. The SMILES string of the molecule is COC(=O)CCN1CCN(c2ccc(-c3cnc(C(=N)N)cn3)cc2)C1=O.Cl.